The summed E-state index contributed by atoms with van der Waals surface area (Å²) in [5.74, 6) is -0.399. The van der Waals surface area contributed by atoms with Gasteiger partial charge in [-0.1, -0.05) is 0 Å². The van der Waals surface area contributed by atoms with Crippen LogP contribution in [0.5, 0.6) is 0 Å². The Balaban J connectivity index is 2.13. The fourth-order valence-electron chi connectivity index (χ4n) is 2.09. The van der Waals surface area contributed by atoms with Crippen LogP contribution in [0.15, 0.2) is 12.3 Å². The summed E-state index contributed by atoms with van der Waals surface area (Å²) < 4.78 is 0. The van der Waals surface area contributed by atoms with Gasteiger partial charge in [-0.15, -0.1) is 0 Å². The number of nitrogens with zero attached hydrogens (tertiary/aromatic N) is 1. The normalized spacial score (nSPS) is 18.6. The minimum Gasteiger partial charge on any atom is -0.387 e. The zero-order chi connectivity index (χ0) is 13.8. The Bertz CT molecular complexity index is 501. The number of hydrogen-bond acceptors (Lipinski definition) is 4. The molecule has 0 spiro atoms. The molecule has 2 rings (SSSR count). The third-order valence-corrected chi connectivity index (χ3v) is 3.15. The first-order chi connectivity index (χ1) is 9.11. The zero-order valence-corrected chi connectivity index (χ0v) is 11.1. The highest BCUT2D eigenvalue weighted by Gasteiger charge is 2.24. The average Bonchev–Trinajstić information content (AvgIpc) is 2.41. The van der Waals surface area contributed by atoms with Gasteiger partial charge in [-0.2, -0.15) is 0 Å². The monoisotopic (exact) mass is 262 g/mol. The third kappa shape index (κ3) is 3.01. The molecular weight excluding hydrogens is 244 g/mol. The molecule has 1 fully saturated rings. The second-order valence-corrected chi connectivity index (χ2v) is 4.58. The maximum atomic E-state index is 12.2. The van der Waals surface area contributed by atoms with Crippen molar-refractivity contribution >= 4 is 17.5 Å². The van der Waals surface area contributed by atoms with Crippen molar-refractivity contribution in [3.63, 3.8) is 0 Å². The molecule has 102 valence electrons. The summed E-state index contributed by atoms with van der Waals surface area (Å²) in [4.78, 5) is 27.9. The van der Waals surface area contributed by atoms with Crippen molar-refractivity contribution in [2.75, 3.05) is 18.9 Å². The first-order valence-electron chi connectivity index (χ1n) is 6.35. The average molecular weight is 262 g/mol. The predicted molar refractivity (Wildman–Crippen MR) is 72.0 cm³/mol. The Morgan fingerprint density at radius 2 is 2.32 bits per heavy atom. The Hall–Kier alpha value is -2.11. The summed E-state index contributed by atoms with van der Waals surface area (Å²) in [6, 6.07) is 1.35. The first-order valence-corrected chi connectivity index (χ1v) is 6.35. The van der Waals surface area contributed by atoms with Gasteiger partial charge in [0.25, 0.3) is 5.91 Å². The molecule has 1 aromatic rings. The highest BCUT2D eigenvalue weighted by Crippen LogP contribution is 2.15. The molecule has 1 aliphatic rings. The van der Waals surface area contributed by atoms with Crippen molar-refractivity contribution in [1.29, 1.82) is 0 Å². The van der Waals surface area contributed by atoms with Gasteiger partial charge in [0.1, 0.15) is 6.04 Å². The van der Waals surface area contributed by atoms with E-state index in [4.69, 9.17) is 0 Å². The van der Waals surface area contributed by atoms with Gasteiger partial charge < -0.3 is 16.0 Å². The van der Waals surface area contributed by atoms with Gasteiger partial charge in [-0.3, -0.25) is 14.6 Å². The highest BCUT2D eigenvalue weighted by atomic mass is 16.2. The number of amides is 2. The maximum absolute atomic E-state index is 12.2. The Kier molecular flexibility index (Phi) is 3.99. The summed E-state index contributed by atoms with van der Waals surface area (Å²) in [6.07, 6.45) is 3.07. The van der Waals surface area contributed by atoms with Crippen LogP contribution in [0.1, 0.15) is 28.9 Å². The summed E-state index contributed by atoms with van der Waals surface area (Å²) in [6.45, 7) is 2.54. The molecule has 2 amide bonds. The molecule has 6 heteroatoms. The van der Waals surface area contributed by atoms with Crippen molar-refractivity contribution in [2.24, 2.45) is 0 Å². The zero-order valence-electron chi connectivity index (χ0n) is 11.1. The molecule has 1 saturated heterocycles. The van der Waals surface area contributed by atoms with E-state index in [-0.39, 0.29) is 11.8 Å². The molecule has 0 bridgehead atoms. The van der Waals surface area contributed by atoms with Crippen molar-refractivity contribution in [2.45, 2.75) is 25.8 Å². The molecule has 2 heterocycles. The van der Waals surface area contributed by atoms with Crippen molar-refractivity contribution in [3.05, 3.63) is 23.5 Å². The highest BCUT2D eigenvalue weighted by molar-refractivity contribution is 6.01. The lowest BCUT2D eigenvalue weighted by Gasteiger charge is -2.23. The number of anilines is 1. The number of rotatable bonds is 3. The maximum Gasteiger partial charge on any atom is 0.255 e. The van der Waals surface area contributed by atoms with Crippen molar-refractivity contribution < 1.29 is 9.59 Å². The van der Waals surface area contributed by atoms with Gasteiger partial charge in [0, 0.05) is 25.5 Å². The number of aromatic nitrogens is 1. The molecular formula is C13H18N4O2. The minimum absolute atomic E-state index is 0.120. The molecule has 0 radical (unpaired) electrons. The van der Waals surface area contributed by atoms with Crippen LogP contribution in [0.2, 0.25) is 0 Å². The minimum atomic E-state index is -0.452. The quantitative estimate of drug-likeness (QED) is 0.738. The SMILES string of the molecule is CNc1cc(C)ncc1C(=O)NC1CCCNC1=O. The Morgan fingerprint density at radius 1 is 1.53 bits per heavy atom. The van der Waals surface area contributed by atoms with Gasteiger partial charge in [-0.25, -0.2) is 0 Å². The Morgan fingerprint density at radius 3 is 3.00 bits per heavy atom. The van der Waals surface area contributed by atoms with Crippen LogP contribution in [0.25, 0.3) is 0 Å². The number of hydrogen-bond donors (Lipinski definition) is 3. The summed E-state index contributed by atoms with van der Waals surface area (Å²) >= 11 is 0. The Labute approximate surface area is 112 Å². The number of aryl methyl sites for hydroxylation is 1. The molecule has 1 atom stereocenters. The third-order valence-electron chi connectivity index (χ3n) is 3.15. The van der Waals surface area contributed by atoms with Crippen LogP contribution in [0.3, 0.4) is 0 Å². The second-order valence-electron chi connectivity index (χ2n) is 4.58. The van der Waals surface area contributed by atoms with E-state index < -0.39 is 6.04 Å². The number of nitrogens with one attached hydrogen (secondary N) is 3. The molecule has 0 saturated carbocycles. The second kappa shape index (κ2) is 5.69. The van der Waals surface area contributed by atoms with Crippen molar-refractivity contribution in [1.82, 2.24) is 15.6 Å². The lowest BCUT2D eigenvalue weighted by atomic mass is 10.1. The fourth-order valence-corrected chi connectivity index (χ4v) is 2.09. The lowest BCUT2D eigenvalue weighted by molar-refractivity contribution is -0.124. The number of carbonyl (C=O) groups is 2. The molecule has 0 aromatic carbocycles. The van der Waals surface area contributed by atoms with E-state index in [1.54, 1.807) is 13.1 Å². The van der Waals surface area contributed by atoms with E-state index in [2.05, 4.69) is 20.9 Å². The van der Waals surface area contributed by atoms with E-state index in [1.807, 2.05) is 6.92 Å². The largest absolute Gasteiger partial charge is 0.387 e. The van der Waals surface area contributed by atoms with Crippen LogP contribution < -0.4 is 16.0 Å². The van der Waals surface area contributed by atoms with E-state index in [1.165, 1.54) is 6.20 Å². The molecule has 3 N–H and O–H groups in total. The van der Waals surface area contributed by atoms with Crippen LogP contribution in [0.4, 0.5) is 5.69 Å². The van der Waals surface area contributed by atoms with E-state index in [0.717, 1.165) is 12.1 Å². The fraction of sp³-hybridized carbons (Fsp3) is 0.462. The molecule has 19 heavy (non-hydrogen) atoms. The molecule has 1 aromatic heterocycles. The van der Waals surface area contributed by atoms with Gasteiger partial charge >= 0.3 is 0 Å². The standard InChI is InChI=1S/C13H18N4O2/c1-8-6-11(14-2)9(7-16-8)12(18)17-10-4-3-5-15-13(10)19/h6-7,10H,3-5H2,1-2H3,(H,14,16)(H,15,19)(H,17,18). The van der Waals surface area contributed by atoms with Crippen molar-refractivity contribution in [3.8, 4) is 0 Å². The van der Waals surface area contributed by atoms with Crippen LogP contribution >= 0.6 is 0 Å². The lowest BCUT2D eigenvalue weighted by Crippen LogP contribution is -2.50. The molecule has 1 aliphatic heterocycles. The number of carbonyl (C=O) groups excluding carboxylic acids is 2. The molecule has 6 nitrogen and oxygen atoms in total. The van der Waals surface area contributed by atoms with E-state index >= 15 is 0 Å². The van der Waals surface area contributed by atoms with E-state index in [0.29, 0.717) is 24.2 Å². The first kappa shape index (κ1) is 13.3. The van der Waals surface area contributed by atoms with Crippen LogP contribution in [-0.2, 0) is 4.79 Å². The summed E-state index contributed by atoms with van der Waals surface area (Å²) in [5.41, 5.74) is 1.99. The van der Waals surface area contributed by atoms with Crippen LogP contribution in [0, 0.1) is 6.92 Å². The topological polar surface area (TPSA) is 83.1 Å². The van der Waals surface area contributed by atoms with Gasteiger partial charge in [0.05, 0.1) is 11.3 Å². The smallest absolute Gasteiger partial charge is 0.255 e. The number of pyridine rings is 1. The van der Waals surface area contributed by atoms with Gasteiger partial charge in [0.2, 0.25) is 5.91 Å². The van der Waals surface area contributed by atoms with Gasteiger partial charge in [-0.05, 0) is 25.8 Å². The summed E-state index contributed by atoms with van der Waals surface area (Å²) in [5, 5.41) is 8.45. The van der Waals surface area contributed by atoms with Crippen LogP contribution in [-0.4, -0.2) is 36.4 Å². The predicted octanol–water partition coefficient (Wildman–Crippen LogP) is 0.440. The molecule has 0 aliphatic carbocycles. The molecule has 1 unspecified atom stereocenters. The van der Waals surface area contributed by atoms with E-state index in [9.17, 15) is 9.59 Å². The number of piperidine rings is 1. The summed E-state index contributed by atoms with van der Waals surface area (Å²) in [7, 11) is 1.75. The van der Waals surface area contributed by atoms with Gasteiger partial charge in [0.15, 0.2) is 0 Å².